The van der Waals surface area contributed by atoms with Crippen molar-refractivity contribution in [1.82, 2.24) is 25.2 Å². The van der Waals surface area contributed by atoms with E-state index in [1.165, 1.54) is 12.3 Å². The number of carbonyl (C=O) groups excluding carboxylic acids is 2. The third kappa shape index (κ3) is 7.31. The number of aromatic nitrogens is 3. The van der Waals surface area contributed by atoms with E-state index in [0.717, 1.165) is 0 Å². The number of hydrogen-bond donors (Lipinski definition) is 1. The summed E-state index contributed by atoms with van der Waals surface area (Å²) in [4.78, 5) is 38.2. The lowest BCUT2D eigenvalue weighted by molar-refractivity contribution is -0.138. The molecule has 1 aliphatic rings. The zero-order valence-electron chi connectivity index (χ0n) is 18.0. The van der Waals surface area contributed by atoms with Gasteiger partial charge in [-0.25, -0.2) is 0 Å². The first-order valence-corrected chi connectivity index (χ1v) is 10.2. The Morgan fingerprint density at radius 1 is 1.12 bits per heavy atom. The largest absolute Gasteiger partial charge is 0.460 e. The van der Waals surface area contributed by atoms with Crippen molar-refractivity contribution in [1.29, 1.82) is 0 Å². The van der Waals surface area contributed by atoms with Crippen molar-refractivity contribution in [2.24, 2.45) is 0 Å². The van der Waals surface area contributed by atoms with Gasteiger partial charge in [0.25, 0.3) is 5.91 Å². The van der Waals surface area contributed by atoms with E-state index in [1.54, 1.807) is 23.1 Å². The van der Waals surface area contributed by atoms with Gasteiger partial charge in [0.2, 0.25) is 5.91 Å². The Morgan fingerprint density at radius 2 is 1.79 bits per heavy atom. The Bertz CT molecular complexity index is 920. The molecule has 2 amide bonds. The minimum absolute atomic E-state index is 0.0131. The van der Waals surface area contributed by atoms with Crippen molar-refractivity contribution in [2.75, 3.05) is 46.1 Å². The predicted octanol–water partition coefficient (Wildman–Crippen LogP) is 0.630. The number of morpholine rings is 1. The van der Waals surface area contributed by atoms with Crippen LogP contribution in [0.2, 0.25) is 0 Å². The minimum atomic E-state index is -0.458. The molecule has 3 heterocycles. The van der Waals surface area contributed by atoms with Gasteiger partial charge >= 0.3 is 18.0 Å². The van der Waals surface area contributed by atoms with Gasteiger partial charge < -0.3 is 33.6 Å². The van der Waals surface area contributed by atoms with Crippen LogP contribution in [0.4, 0.5) is 0 Å². The van der Waals surface area contributed by atoms with Gasteiger partial charge in [-0.1, -0.05) is 25.3 Å². The number of furan rings is 1. The maximum Gasteiger partial charge on any atom is 0.326 e. The maximum atomic E-state index is 12.5. The molecule has 0 aromatic carbocycles. The first-order chi connectivity index (χ1) is 16.1. The number of nitrogens with zero attached hydrogens (tertiary/aromatic N) is 4. The van der Waals surface area contributed by atoms with Crippen molar-refractivity contribution in [3.05, 3.63) is 49.5 Å². The second-order valence-corrected chi connectivity index (χ2v) is 6.69. The van der Waals surface area contributed by atoms with E-state index in [1.807, 2.05) is 0 Å². The lowest BCUT2D eigenvalue weighted by atomic mass is 10.2. The summed E-state index contributed by atoms with van der Waals surface area (Å²) in [6, 6.07) is 3.14. The molecule has 1 fully saturated rings. The highest BCUT2D eigenvalue weighted by molar-refractivity contribution is 5.94. The van der Waals surface area contributed by atoms with E-state index >= 15 is 0 Å². The van der Waals surface area contributed by atoms with Crippen molar-refractivity contribution in [3.63, 3.8) is 0 Å². The van der Waals surface area contributed by atoms with E-state index < -0.39 is 12.0 Å². The molecule has 176 valence electrons. The summed E-state index contributed by atoms with van der Waals surface area (Å²) < 4.78 is 27.0. The zero-order valence-corrected chi connectivity index (χ0v) is 18.0. The highest BCUT2D eigenvalue weighted by atomic mass is 16.6. The maximum absolute atomic E-state index is 12.5. The summed E-state index contributed by atoms with van der Waals surface area (Å²) in [5, 5.41) is 2.54. The Hall–Kier alpha value is -3.93. The third-order valence-corrected chi connectivity index (χ3v) is 4.27. The fourth-order valence-corrected chi connectivity index (χ4v) is 2.76. The molecule has 1 aliphatic heterocycles. The third-order valence-electron chi connectivity index (χ3n) is 4.27. The van der Waals surface area contributed by atoms with Crippen molar-refractivity contribution < 1.29 is 33.0 Å². The number of hydrogen-bond acceptors (Lipinski definition) is 10. The molecule has 2 aromatic rings. The van der Waals surface area contributed by atoms with Crippen LogP contribution in [0.1, 0.15) is 10.6 Å². The molecule has 0 aliphatic carbocycles. The van der Waals surface area contributed by atoms with Crippen LogP contribution in [0.5, 0.6) is 18.0 Å². The average Bonchev–Trinajstić information content (AvgIpc) is 3.38. The van der Waals surface area contributed by atoms with Crippen molar-refractivity contribution in [3.8, 4) is 18.0 Å². The number of carbonyl (C=O) groups is 2. The summed E-state index contributed by atoms with van der Waals surface area (Å²) >= 11 is 0. The smallest absolute Gasteiger partial charge is 0.326 e. The molecule has 1 atom stereocenters. The highest BCUT2D eigenvalue weighted by Crippen LogP contribution is 2.16. The van der Waals surface area contributed by atoms with Gasteiger partial charge in [-0.05, 0) is 12.1 Å². The van der Waals surface area contributed by atoms with E-state index in [2.05, 4.69) is 33.4 Å². The fraction of sp³-hybridized carbons (Fsp3) is 0.381. The molecule has 1 saturated heterocycles. The van der Waals surface area contributed by atoms with Crippen LogP contribution >= 0.6 is 0 Å². The summed E-state index contributed by atoms with van der Waals surface area (Å²) in [7, 11) is 0. The van der Waals surface area contributed by atoms with E-state index in [0.29, 0.717) is 13.2 Å². The van der Waals surface area contributed by atoms with E-state index in [4.69, 9.17) is 23.4 Å². The molecule has 33 heavy (non-hydrogen) atoms. The molecule has 1 unspecified atom stereocenters. The molecule has 0 spiro atoms. The molecule has 1 N–H and O–H groups in total. The lowest BCUT2D eigenvalue weighted by Gasteiger charge is -2.32. The average molecular weight is 459 g/mol. The molecular formula is C21H25N5O7. The highest BCUT2D eigenvalue weighted by Gasteiger charge is 2.26. The molecule has 12 nitrogen and oxygen atoms in total. The van der Waals surface area contributed by atoms with Crippen LogP contribution in [-0.2, 0) is 9.53 Å². The minimum Gasteiger partial charge on any atom is -0.460 e. The van der Waals surface area contributed by atoms with E-state index in [9.17, 15) is 9.59 Å². The standard InChI is InChI=1S/C21H25N5O7/c1-3-8-31-19-23-20(32-9-4-2)25-21(24-19)33-14-15-13-26(7-11-29-15)17(27)12-22-18(28)16-6-5-10-30-16/h3-6,10,15H,1-2,7-9,11-14H2,(H,22,28). The fourth-order valence-electron chi connectivity index (χ4n) is 2.76. The van der Waals surface area contributed by atoms with Crippen molar-refractivity contribution >= 4 is 11.8 Å². The van der Waals surface area contributed by atoms with Crippen molar-refractivity contribution in [2.45, 2.75) is 6.10 Å². The molecule has 2 aromatic heterocycles. The monoisotopic (exact) mass is 459 g/mol. The summed E-state index contributed by atoms with van der Waals surface area (Å²) in [5.74, 6) is -0.565. The number of amides is 2. The Labute approximate surface area is 190 Å². The topological polar surface area (TPSA) is 138 Å². The van der Waals surface area contributed by atoms with Crippen LogP contribution in [-0.4, -0.2) is 83.8 Å². The molecule has 12 heteroatoms. The molecule has 0 bridgehead atoms. The van der Waals surface area contributed by atoms with Gasteiger partial charge in [0.1, 0.15) is 25.9 Å². The molecule has 0 saturated carbocycles. The van der Waals surface area contributed by atoms with Crippen LogP contribution in [0.25, 0.3) is 0 Å². The summed E-state index contributed by atoms with van der Waals surface area (Å²) in [6.07, 6.45) is 4.06. The van der Waals surface area contributed by atoms with Crippen LogP contribution in [0.15, 0.2) is 48.1 Å². The van der Waals surface area contributed by atoms with Gasteiger partial charge in [-0.15, -0.1) is 15.0 Å². The molecule has 0 radical (unpaired) electrons. The first-order valence-electron chi connectivity index (χ1n) is 10.2. The SMILES string of the molecule is C=CCOc1nc(OCC=C)nc(OCC2CN(C(=O)CNC(=O)c3ccco3)CCO2)n1. The molecular weight excluding hydrogens is 434 g/mol. The second-order valence-electron chi connectivity index (χ2n) is 6.69. The van der Waals surface area contributed by atoms with Crippen LogP contribution in [0, 0.1) is 0 Å². The zero-order chi connectivity index (χ0) is 23.5. The van der Waals surface area contributed by atoms with Gasteiger partial charge in [-0.3, -0.25) is 9.59 Å². The lowest BCUT2D eigenvalue weighted by Crippen LogP contribution is -2.50. The van der Waals surface area contributed by atoms with Crippen LogP contribution in [0.3, 0.4) is 0 Å². The number of ether oxygens (including phenoxy) is 4. The molecule has 3 rings (SSSR count). The van der Waals surface area contributed by atoms with Gasteiger partial charge in [0.05, 0.1) is 26.0 Å². The van der Waals surface area contributed by atoms with Gasteiger partial charge in [-0.2, -0.15) is 0 Å². The van der Waals surface area contributed by atoms with Gasteiger partial charge in [0.15, 0.2) is 5.76 Å². The summed E-state index contributed by atoms with van der Waals surface area (Å²) in [6.45, 7) is 8.47. The Morgan fingerprint density at radius 3 is 2.39 bits per heavy atom. The quantitative estimate of drug-likeness (QED) is 0.450. The first kappa shape index (κ1) is 23.7. The normalized spacial score (nSPS) is 15.4. The number of rotatable bonds is 12. The predicted molar refractivity (Wildman–Crippen MR) is 114 cm³/mol. The second kappa shape index (κ2) is 12.2. The Kier molecular flexibility index (Phi) is 8.77. The van der Waals surface area contributed by atoms with Crippen LogP contribution < -0.4 is 19.5 Å². The summed E-state index contributed by atoms with van der Waals surface area (Å²) in [5.41, 5.74) is 0. The van der Waals surface area contributed by atoms with E-state index in [-0.39, 0.29) is 62.6 Å². The Balaban J connectivity index is 1.52. The van der Waals surface area contributed by atoms with Gasteiger partial charge in [0, 0.05) is 6.54 Å². The number of nitrogens with one attached hydrogen (secondary N) is 1.